The predicted molar refractivity (Wildman–Crippen MR) is 55.1 cm³/mol. The van der Waals surface area contributed by atoms with E-state index in [9.17, 15) is 0 Å². The zero-order valence-electron chi connectivity index (χ0n) is 7.09. The molecule has 0 unspecified atom stereocenters. The number of nitrogens with one attached hydrogen (secondary N) is 1. The molecule has 0 aliphatic carbocycles. The normalized spacial score (nSPS) is 12.0. The highest BCUT2D eigenvalue weighted by atomic mass is 35.5. The van der Waals surface area contributed by atoms with Crippen LogP contribution in [-0.4, -0.2) is 13.1 Å². The highest BCUT2D eigenvalue weighted by Gasteiger charge is 1.95. The molecular formula is C9H11Cl2NO. The molecule has 2 nitrogen and oxygen atoms in total. The van der Waals surface area contributed by atoms with Crippen LogP contribution < -0.4 is 5.32 Å². The average Bonchev–Trinajstić information content (AvgIpc) is 2.64. The molecule has 1 heterocycles. The Morgan fingerprint density at radius 1 is 1.62 bits per heavy atom. The third-order valence-electron chi connectivity index (χ3n) is 1.54. The van der Waals surface area contributed by atoms with Crippen molar-refractivity contribution in [2.24, 2.45) is 0 Å². The molecule has 72 valence electrons. The molecule has 0 spiro atoms. The summed E-state index contributed by atoms with van der Waals surface area (Å²) in [5.41, 5.74) is 1.36. The molecule has 0 atom stereocenters. The summed E-state index contributed by atoms with van der Waals surface area (Å²) in [6.45, 7) is 1.43. The molecule has 4 heteroatoms. The molecular weight excluding hydrogens is 209 g/mol. The first-order chi connectivity index (χ1) is 6.33. The van der Waals surface area contributed by atoms with Crippen LogP contribution in [0.4, 0.5) is 0 Å². The topological polar surface area (TPSA) is 25.2 Å². The van der Waals surface area contributed by atoms with E-state index in [0.717, 1.165) is 18.7 Å². The Kier molecular flexibility index (Phi) is 4.98. The van der Waals surface area contributed by atoms with E-state index in [1.54, 1.807) is 6.26 Å². The summed E-state index contributed by atoms with van der Waals surface area (Å²) in [7, 11) is 0. The third kappa shape index (κ3) is 4.36. The van der Waals surface area contributed by atoms with Crippen LogP contribution in [0.1, 0.15) is 5.76 Å². The molecule has 1 aromatic heterocycles. The molecule has 0 aromatic carbocycles. The minimum atomic E-state index is 0.603. The van der Waals surface area contributed by atoms with E-state index in [0.29, 0.717) is 11.6 Å². The fourth-order valence-corrected chi connectivity index (χ4v) is 1.08. The van der Waals surface area contributed by atoms with Crippen LogP contribution in [0.2, 0.25) is 0 Å². The standard InChI is InChI=1S/C9H11Cl2NO/c10-6-8(11)7-12-4-3-9-2-1-5-13-9/h1-2,5-6,12H,3-4,7H2. The maximum Gasteiger partial charge on any atom is 0.105 e. The Morgan fingerprint density at radius 2 is 2.46 bits per heavy atom. The van der Waals surface area contributed by atoms with Crippen LogP contribution in [0.5, 0.6) is 0 Å². The lowest BCUT2D eigenvalue weighted by Gasteiger charge is -2.00. The van der Waals surface area contributed by atoms with Crippen LogP contribution in [0, 0.1) is 0 Å². The molecule has 0 bridgehead atoms. The van der Waals surface area contributed by atoms with Gasteiger partial charge in [0.15, 0.2) is 0 Å². The van der Waals surface area contributed by atoms with Crippen molar-refractivity contribution < 1.29 is 4.42 Å². The molecule has 1 N–H and O–H groups in total. The van der Waals surface area contributed by atoms with Gasteiger partial charge in [0.05, 0.1) is 6.26 Å². The lowest BCUT2D eigenvalue weighted by Crippen LogP contribution is -2.18. The Morgan fingerprint density at radius 3 is 3.08 bits per heavy atom. The second-order valence-electron chi connectivity index (χ2n) is 2.56. The van der Waals surface area contributed by atoms with Gasteiger partial charge in [-0.1, -0.05) is 23.2 Å². The molecule has 0 aliphatic rings. The molecule has 0 amide bonds. The van der Waals surface area contributed by atoms with Crippen molar-refractivity contribution in [1.29, 1.82) is 0 Å². The summed E-state index contributed by atoms with van der Waals surface area (Å²) < 4.78 is 5.15. The highest BCUT2D eigenvalue weighted by Crippen LogP contribution is 2.02. The van der Waals surface area contributed by atoms with Crippen molar-refractivity contribution in [2.75, 3.05) is 13.1 Å². The molecule has 1 rings (SSSR count). The van der Waals surface area contributed by atoms with Gasteiger partial charge in [0.1, 0.15) is 5.76 Å². The summed E-state index contributed by atoms with van der Waals surface area (Å²) in [4.78, 5) is 0. The van der Waals surface area contributed by atoms with Crippen molar-refractivity contribution in [3.8, 4) is 0 Å². The summed E-state index contributed by atoms with van der Waals surface area (Å²) >= 11 is 11.0. The van der Waals surface area contributed by atoms with Gasteiger partial charge in [0.2, 0.25) is 0 Å². The predicted octanol–water partition coefficient (Wildman–Crippen LogP) is 2.73. The minimum absolute atomic E-state index is 0.603. The fraction of sp³-hybridized carbons (Fsp3) is 0.333. The lowest BCUT2D eigenvalue weighted by atomic mass is 10.3. The number of furan rings is 1. The highest BCUT2D eigenvalue weighted by molar-refractivity contribution is 6.36. The van der Waals surface area contributed by atoms with E-state index < -0.39 is 0 Å². The van der Waals surface area contributed by atoms with Gasteiger partial charge in [0, 0.05) is 30.1 Å². The summed E-state index contributed by atoms with van der Waals surface area (Å²) in [6, 6.07) is 3.82. The summed E-state index contributed by atoms with van der Waals surface area (Å²) in [6.07, 6.45) is 2.53. The van der Waals surface area contributed by atoms with Gasteiger partial charge >= 0.3 is 0 Å². The first-order valence-corrected chi connectivity index (χ1v) is 4.82. The van der Waals surface area contributed by atoms with Gasteiger partial charge in [-0.05, 0) is 12.1 Å². The van der Waals surface area contributed by atoms with Crippen LogP contribution in [0.25, 0.3) is 0 Å². The van der Waals surface area contributed by atoms with Gasteiger partial charge in [-0.3, -0.25) is 0 Å². The third-order valence-corrected chi connectivity index (χ3v) is 2.16. The summed E-state index contributed by atoms with van der Waals surface area (Å²) in [5, 5.41) is 3.74. The number of hydrogen-bond donors (Lipinski definition) is 1. The van der Waals surface area contributed by atoms with E-state index in [1.165, 1.54) is 5.54 Å². The molecule has 0 aliphatic heterocycles. The second kappa shape index (κ2) is 6.08. The SMILES string of the molecule is ClC=C(Cl)CNCCc1ccco1. The van der Waals surface area contributed by atoms with Crippen LogP contribution in [-0.2, 0) is 6.42 Å². The van der Waals surface area contributed by atoms with Crippen LogP contribution in [0.15, 0.2) is 33.4 Å². The monoisotopic (exact) mass is 219 g/mol. The quantitative estimate of drug-likeness (QED) is 0.771. The smallest absolute Gasteiger partial charge is 0.105 e. The Hall–Kier alpha value is -0.440. The van der Waals surface area contributed by atoms with E-state index in [2.05, 4.69) is 5.32 Å². The average molecular weight is 220 g/mol. The minimum Gasteiger partial charge on any atom is -0.469 e. The van der Waals surface area contributed by atoms with E-state index in [-0.39, 0.29) is 0 Å². The zero-order chi connectivity index (χ0) is 9.52. The summed E-state index contributed by atoms with van der Waals surface area (Å²) in [5.74, 6) is 0.971. The first-order valence-electron chi connectivity index (χ1n) is 4.01. The van der Waals surface area contributed by atoms with Gasteiger partial charge in [0.25, 0.3) is 0 Å². The molecule has 0 saturated heterocycles. The Labute approximate surface area is 87.5 Å². The maximum atomic E-state index is 5.67. The maximum absolute atomic E-state index is 5.67. The number of rotatable bonds is 5. The molecule has 0 radical (unpaired) electrons. The van der Waals surface area contributed by atoms with E-state index >= 15 is 0 Å². The lowest BCUT2D eigenvalue weighted by molar-refractivity contribution is 0.502. The van der Waals surface area contributed by atoms with E-state index in [1.807, 2.05) is 12.1 Å². The molecule has 0 fully saturated rings. The zero-order valence-corrected chi connectivity index (χ0v) is 8.61. The largest absolute Gasteiger partial charge is 0.469 e. The van der Waals surface area contributed by atoms with Gasteiger partial charge in [-0.15, -0.1) is 0 Å². The number of hydrogen-bond acceptors (Lipinski definition) is 2. The molecule has 13 heavy (non-hydrogen) atoms. The van der Waals surface area contributed by atoms with Crippen molar-refractivity contribution in [1.82, 2.24) is 5.32 Å². The molecule has 0 saturated carbocycles. The number of halogens is 2. The second-order valence-corrected chi connectivity index (χ2v) is 3.27. The Balaban J connectivity index is 2.08. The van der Waals surface area contributed by atoms with E-state index in [4.69, 9.17) is 27.6 Å². The van der Waals surface area contributed by atoms with Crippen molar-refractivity contribution in [3.63, 3.8) is 0 Å². The van der Waals surface area contributed by atoms with Crippen molar-refractivity contribution in [2.45, 2.75) is 6.42 Å². The molecule has 1 aromatic rings. The van der Waals surface area contributed by atoms with Crippen LogP contribution in [0.3, 0.4) is 0 Å². The van der Waals surface area contributed by atoms with Gasteiger partial charge in [-0.2, -0.15) is 0 Å². The van der Waals surface area contributed by atoms with Crippen molar-refractivity contribution >= 4 is 23.2 Å². The fourth-order valence-electron chi connectivity index (χ4n) is 0.913. The Bertz CT molecular complexity index is 257. The first kappa shape index (κ1) is 10.6. The van der Waals surface area contributed by atoms with Gasteiger partial charge < -0.3 is 9.73 Å². The van der Waals surface area contributed by atoms with Gasteiger partial charge in [-0.25, -0.2) is 0 Å². The van der Waals surface area contributed by atoms with Crippen LogP contribution >= 0.6 is 23.2 Å². The van der Waals surface area contributed by atoms with Crippen molar-refractivity contribution in [3.05, 3.63) is 34.7 Å².